The van der Waals surface area contributed by atoms with E-state index in [9.17, 15) is 4.39 Å². The maximum Gasteiger partial charge on any atom is 0.196 e. The lowest BCUT2D eigenvalue weighted by molar-refractivity contribution is -0.0347. The summed E-state index contributed by atoms with van der Waals surface area (Å²) in [6.07, 6.45) is 1.63. The number of nitrogens with one attached hydrogen (secondary N) is 1. The molecule has 0 saturated carbocycles. The molecule has 0 bridgehead atoms. The van der Waals surface area contributed by atoms with Crippen LogP contribution < -0.4 is 19.6 Å². The third-order valence-electron chi connectivity index (χ3n) is 5.52. The molecule has 0 fully saturated rings. The molecule has 158 valence electrons. The number of hydrogen-bond acceptors (Lipinski definition) is 5. The maximum absolute atomic E-state index is 14.0. The molecule has 3 aromatic carbocycles. The van der Waals surface area contributed by atoms with Crippen LogP contribution in [0.2, 0.25) is 0 Å². The van der Waals surface area contributed by atoms with E-state index < -0.39 is 6.23 Å². The van der Waals surface area contributed by atoms with E-state index in [2.05, 4.69) is 11.5 Å². The Morgan fingerprint density at radius 3 is 2.61 bits per heavy atom. The summed E-state index contributed by atoms with van der Waals surface area (Å²) in [5, 5.41) is 2.01. The van der Waals surface area contributed by atoms with Crippen molar-refractivity contribution in [2.45, 2.75) is 19.2 Å². The van der Waals surface area contributed by atoms with Gasteiger partial charge in [-0.15, -0.1) is 0 Å². The molecule has 6 heteroatoms. The molecular formula is C25H23FN2O3. The van der Waals surface area contributed by atoms with E-state index in [0.29, 0.717) is 18.1 Å². The van der Waals surface area contributed by atoms with Crippen LogP contribution in [0.3, 0.4) is 0 Å². The van der Waals surface area contributed by atoms with E-state index >= 15 is 0 Å². The van der Waals surface area contributed by atoms with Gasteiger partial charge in [0.25, 0.3) is 0 Å². The van der Waals surface area contributed by atoms with Gasteiger partial charge in [0.1, 0.15) is 11.6 Å². The number of ether oxygens (including phenoxy) is 3. The van der Waals surface area contributed by atoms with Crippen molar-refractivity contribution in [1.82, 2.24) is 10.4 Å². The molecule has 2 aliphatic rings. The number of hydrazine groups is 1. The molecule has 2 atom stereocenters. The zero-order valence-corrected chi connectivity index (χ0v) is 17.3. The first kappa shape index (κ1) is 19.5. The quantitative estimate of drug-likeness (QED) is 0.615. The molecule has 1 N–H and O–H groups in total. The summed E-state index contributed by atoms with van der Waals surface area (Å²) in [6, 6.07) is 20.2. The van der Waals surface area contributed by atoms with Gasteiger partial charge in [0, 0.05) is 11.1 Å². The highest BCUT2D eigenvalue weighted by atomic mass is 19.1. The molecule has 2 unspecified atom stereocenters. The van der Waals surface area contributed by atoms with Gasteiger partial charge in [-0.05, 0) is 61.0 Å². The molecule has 3 aromatic rings. The Morgan fingerprint density at radius 2 is 1.87 bits per heavy atom. The van der Waals surface area contributed by atoms with Crippen LogP contribution >= 0.6 is 0 Å². The summed E-state index contributed by atoms with van der Waals surface area (Å²) in [5.74, 6) is 1.87. The second kappa shape index (κ2) is 7.96. The molecule has 2 aliphatic heterocycles. The minimum Gasteiger partial charge on any atom is -0.497 e. The molecule has 0 aromatic heterocycles. The number of hydrogen-bond donors (Lipinski definition) is 1. The fourth-order valence-electron chi connectivity index (χ4n) is 4.08. The molecule has 5 rings (SSSR count). The highest BCUT2D eigenvalue weighted by molar-refractivity contribution is 5.68. The van der Waals surface area contributed by atoms with Gasteiger partial charge in [0.2, 0.25) is 0 Å². The van der Waals surface area contributed by atoms with E-state index in [1.165, 1.54) is 12.1 Å². The minimum absolute atomic E-state index is 0.102. The fraction of sp³-hybridized carbons (Fsp3) is 0.200. The van der Waals surface area contributed by atoms with Crippen molar-refractivity contribution in [2.24, 2.45) is 0 Å². The Kier molecular flexibility index (Phi) is 5.00. The van der Waals surface area contributed by atoms with Crippen molar-refractivity contribution in [1.29, 1.82) is 0 Å². The Bertz CT molecular complexity index is 1130. The van der Waals surface area contributed by atoms with Gasteiger partial charge in [-0.3, -0.25) is 0 Å². The topological polar surface area (TPSA) is 43.0 Å². The van der Waals surface area contributed by atoms with Gasteiger partial charge in [-0.2, -0.15) is 5.01 Å². The van der Waals surface area contributed by atoms with Crippen molar-refractivity contribution in [3.05, 3.63) is 95.3 Å². The number of fused-ring (bicyclic) bond motifs is 3. The van der Waals surface area contributed by atoms with Crippen molar-refractivity contribution in [3.63, 3.8) is 0 Å². The predicted octanol–water partition coefficient (Wildman–Crippen LogP) is 5.23. The van der Waals surface area contributed by atoms with Gasteiger partial charge in [-0.25, -0.2) is 4.39 Å². The molecular weight excluding hydrogens is 395 g/mol. The van der Waals surface area contributed by atoms with E-state index in [4.69, 9.17) is 14.2 Å². The summed E-state index contributed by atoms with van der Waals surface area (Å²) in [5.41, 5.74) is 7.16. The van der Waals surface area contributed by atoms with Crippen LogP contribution in [-0.2, 0) is 0 Å². The lowest BCUT2D eigenvalue weighted by Crippen LogP contribution is -2.43. The Hall–Kier alpha value is -3.51. The zero-order valence-electron chi connectivity index (χ0n) is 17.3. The van der Waals surface area contributed by atoms with Crippen molar-refractivity contribution >= 4 is 5.70 Å². The largest absolute Gasteiger partial charge is 0.497 e. The van der Waals surface area contributed by atoms with Gasteiger partial charge in [0.15, 0.2) is 17.7 Å². The van der Waals surface area contributed by atoms with Crippen LogP contribution in [-0.4, -0.2) is 18.7 Å². The lowest BCUT2D eigenvalue weighted by atomic mass is 10.00. The Balaban J connectivity index is 1.59. The SMILES string of the molecule is CCOc1cccc2c1OC(c1cccc(F)c1)N1NC(c3ccc(OC)cc3)=CC21. The van der Waals surface area contributed by atoms with Crippen molar-refractivity contribution in [2.75, 3.05) is 13.7 Å². The molecule has 5 nitrogen and oxygen atoms in total. The summed E-state index contributed by atoms with van der Waals surface area (Å²) in [4.78, 5) is 0. The second-order valence-electron chi connectivity index (χ2n) is 7.41. The first-order valence-corrected chi connectivity index (χ1v) is 10.3. The van der Waals surface area contributed by atoms with E-state index in [1.807, 2.05) is 60.5 Å². The monoisotopic (exact) mass is 418 g/mol. The predicted molar refractivity (Wildman–Crippen MR) is 116 cm³/mol. The van der Waals surface area contributed by atoms with Crippen LogP contribution in [0.25, 0.3) is 5.70 Å². The van der Waals surface area contributed by atoms with E-state index in [-0.39, 0.29) is 11.9 Å². The van der Waals surface area contributed by atoms with Crippen LogP contribution in [0.15, 0.2) is 72.8 Å². The highest BCUT2D eigenvalue weighted by Gasteiger charge is 2.41. The molecule has 31 heavy (non-hydrogen) atoms. The second-order valence-corrected chi connectivity index (χ2v) is 7.41. The first-order valence-electron chi connectivity index (χ1n) is 10.3. The molecule has 0 radical (unpaired) electrons. The number of para-hydroxylation sites is 1. The van der Waals surface area contributed by atoms with E-state index in [0.717, 1.165) is 28.1 Å². The molecule has 0 saturated heterocycles. The number of halogens is 1. The fourth-order valence-corrected chi connectivity index (χ4v) is 4.08. The molecule has 2 heterocycles. The number of nitrogens with zero attached hydrogens (tertiary/aromatic N) is 1. The summed E-state index contributed by atoms with van der Waals surface area (Å²) in [6.45, 7) is 2.47. The van der Waals surface area contributed by atoms with Gasteiger partial charge < -0.3 is 19.6 Å². The number of benzene rings is 3. The standard InChI is InChI=1S/C25H23FN2O3/c1-3-30-23-9-5-8-20-22-15-21(16-10-12-19(29-2)13-11-16)27-28(22)25(31-24(20)23)17-6-4-7-18(26)14-17/h4-15,22,25,27H,3H2,1-2H3. The molecule has 0 aliphatic carbocycles. The Morgan fingerprint density at radius 1 is 1.06 bits per heavy atom. The summed E-state index contributed by atoms with van der Waals surface area (Å²) < 4.78 is 31.5. The normalized spacial score (nSPS) is 19.5. The smallest absolute Gasteiger partial charge is 0.196 e. The number of rotatable bonds is 5. The summed E-state index contributed by atoms with van der Waals surface area (Å²) in [7, 11) is 1.65. The molecule has 0 spiro atoms. The lowest BCUT2D eigenvalue weighted by Gasteiger charge is -2.39. The van der Waals surface area contributed by atoms with Gasteiger partial charge in [0.05, 0.1) is 25.5 Å². The average Bonchev–Trinajstić information content (AvgIpc) is 3.25. The average molecular weight is 418 g/mol. The van der Waals surface area contributed by atoms with Crippen LogP contribution in [0, 0.1) is 5.82 Å². The summed E-state index contributed by atoms with van der Waals surface area (Å²) >= 11 is 0. The van der Waals surface area contributed by atoms with Crippen LogP contribution in [0.4, 0.5) is 4.39 Å². The number of methoxy groups -OCH3 is 1. The van der Waals surface area contributed by atoms with Crippen molar-refractivity contribution in [3.8, 4) is 17.2 Å². The highest BCUT2D eigenvalue weighted by Crippen LogP contribution is 2.49. The maximum atomic E-state index is 14.0. The van der Waals surface area contributed by atoms with E-state index in [1.54, 1.807) is 13.2 Å². The van der Waals surface area contributed by atoms with Gasteiger partial charge >= 0.3 is 0 Å². The molecule has 0 amide bonds. The first-order chi connectivity index (χ1) is 15.2. The minimum atomic E-state index is -0.526. The van der Waals surface area contributed by atoms with Crippen molar-refractivity contribution < 1.29 is 18.6 Å². The van der Waals surface area contributed by atoms with Crippen LogP contribution in [0.5, 0.6) is 17.2 Å². The van der Waals surface area contributed by atoms with Gasteiger partial charge in [-0.1, -0.05) is 24.3 Å². The Labute approximate surface area is 180 Å². The zero-order chi connectivity index (χ0) is 21.4. The third-order valence-corrected chi connectivity index (χ3v) is 5.52. The third kappa shape index (κ3) is 3.49. The van der Waals surface area contributed by atoms with Crippen LogP contribution in [0.1, 0.15) is 35.9 Å².